The predicted octanol–water partition coefficient (Wildman–Crippen LogP) is 2.02. The molecule has 0 aromatic rings. The van der Waals surface area contributed by atoms with Crippen LogP contribution in [0.4, 0.5) is 0 Å². The molecule has 1 saturated heterocycles. The second kappa shape index (κ2) is 5.09. The van der Waals surface area contributed by atoms with Gasteiger partial charge in [-0.05, 0) is 12.8 Å². The van der Waals surface area contributed by atoms with E-state index in [1.165, 1.54) is 0 Å². The highest BCUT2D eigenvalue weighted by molar-refractivity contribution is 7.86. The van der Waals surface area contributed by atoms with E-state index in [-0.39, 0.29) is 10.9 Å². The second-order valence-corrected chi connectivity index (χ2v) is 5.05. The van der Waals surface area contributed by atoms with E-state index in [0.29, 0.717) is 24.1 Å². The molecular formula is C9H13ClN2O2S. The molecule has 1 fully saturated rings. The second-order valence-electron chi connectivity index (χ2n) is 3.24. The van der Waals surface area contributed by atoms with Gasteiger partial charge in [0.1, 0.15) is 0 Å². The molecule has 1 unspecified atom stereocenters. The molecule has 0 N–H and O–H groups in total. The van der Waals surface area contributed by atoms with E-state index in [2.05, 4.69) is 8.76 Å². The number of allylic oxidation sites excluding steroid dienone is 1. The number of nitrogens with zero attached hydrogens (tertiary/aromatic N) is 2. The van der Waals surface area contributed by atoms with E-state index < -0.39 is 0 Å². The molecule has 0 radical (unpaired) electrons. The summed E-state index contributed by atoms with van der Waals surface area (Å²) in [5.74, 6) is 1.48. The molecular weight excluding hydrogens is 236 g/mol. The minimum atomic E-state index is -0.375. The number of rotatable bonds is 3. The lowest BCUT2D eigenvalue weighted by molar-refractivity contribution is 0.212. The molecule has 15 heavy (non-hydrogen) atoms. The molecule has 0 aliphatic carbocycles. The molecule has 2 heterocycles. The Morgan fingerprint density at radius 1 is 1.60 bits per heavy atom. The summed E-state index contributed by atoms with van der Waals surface area (Å²) in [6.07, 6.45) is 1.95. The number of ether oxygens (including phenoxy) is 2. The number of halogens is 1. The van der Waals surface area contributed by atoms with E-state index in [1.54, 1.807) is 7.11 Å². The maximum atomic E-state index is 6.04. The fourth-order valence-corrected chi connectivity index (χ4v) is 3.05. The van der Waals surface area contributed by atoms with Crippen LogP contribution < -0.4 is 0 Å². The van der Waals surface area contributed by atoms with Crippen molar-refractivity contribution in [3.8, 4) is 0 Å². The van der Waals surface area contributed by atoms with Gasteiger partial charge in [-0.25, -0.2) is 4.40 Å². The quantitative estimate of drug-likeness (QED) is 0.718. The van der Waals surface area contributed by atoms with Crippen molar-refractivity contribution in [1.82, 2.24) is 0 Å². The number of hydrogen-bond donors (Lipinski definition) is 0. The van der Waals surface area contributed by atoms with Crippen molar-refractivity contribution in [2.75, 3.05) is 26.1 Å². The molecule has 84 valence electrons. The highest BCUT2D eigenvalue weighted by Crippen LogP contribution is 2.26. The van der Waals surface area contributed by atoms with Crippen LogP contribution in [0.5, 0.6) is 0 Å². The van der Waals surface area contributed by atoms with Gasteiger partial charge >= 0.3 is 0 Å². The molecule has 2 rings (SSSR count). The Bertz CT molecular complexity index is 352. The average Bonchev–Trinajstić information content (AvgIpc) is 2.26. The van der Waals surface area contributed by atoms with Crippen molar-refractivity contribution in [2.24, 2.45) is 8.76 Å². The number of hydrogen-bond acceptors (Lipinski definition) is 4. The Morgan fingerprint density at radius 2 is 2.47 bits per heavy atom. The normalized spacial score (nSPS) is 25.2. The molecule has 0 aromatic carbocycles. The van der Waals surface area contributed by atoms with Crippen LogP contribution in [-0.2, 0) is 20.4 Å². The van der Waals surface area contributed by atoms with E-state index in [4.69, 9.17) is 21.1 Å². The first kappa shape index (κ1) is 11.1. The predicted molar refractivity (Wildman–Crippen MR) is 62.0 cm³/mol. The topological polar surface area (TPSA) is 43.2 Å². The van der Waals surface area contributed by atoms with Gasteiger partial charge in [0.25, 0.3) is 0 Å². The van der Waals surface area contributed by atoms with Gasteiger partial charge in [-0.2, -0.15) is 4.36 Å². The highest BCUT2D eigenvalue weighted by Gasteiger charge is 2.22. The Labute approximate surface area is 96.5 Å². The largest absolute Gasteiger partial charge is 0.488 e. The monoisotopic (exact) mass is 248 g/mol. The highest BCUT2D eigenvalue weighted by atomic mass is 35.5. The summed E-state index contributed by atoms with van der Waals surface area (Å²) in [6.45, 7) is 1.37. The fourth-order valence-electron chi connectivity index (χ4n) is 1.41. The smallest absolute Gasteiger partial charge is 0.182 e. The Morgan fingerprint density at radius 3 is 3.27 bits per heavy atom. The zero-order valence-corrected chi connectivity index (χ0v) is 10.1. The first-order valence-corrected chi connectivity index (χ1v) is 6.52. The van der Waals surface area contributed by atoms with Crippen molar-refractivity contribution in [3.63, 3.8) is 0 Å². The lowest BCUT2D eigenvalue weighted by atomic mass is 10.1. The van der Waals surface area contributed by atoms with Crippen LogP contribution >= 0.6 is 11.6 Å². The number of methoxy groups -OCH3 is 1. The fraction of sp³-hybridized carbons (Fsp3) is 0.667. The Hall–Kier alpha value is -0.390. The van der Waals surface area contributed by atoms with Crippen LogP contribution in [0.3, 0.4) is 0 Å². The third-order valence-corrected chi connectivity index (χ3v) is 3.84. The van der Waals surface area contributed by atoms with E-state index in [1.807, 2.05) is 0 Å². The van der Waals surface area contributed by atoms with Gasteiger partial charge in [0.2, 0.25) is 0 Å². The van der Waals surface area contributed by atoms with Crippen LogP contribution in [0.25, 0.3) is 0 Å². The zero-order chi connectivity index (χ0) is 10.7. The van der Waals surface area contributed by atoms with Gasteiger partial charge in [0.05, 0.1) is 18.9 Å². The van der Waals surface area contributed by atoms with Gasteiger partial charge in [-0.3, -0.25) is 0 Å². The maximum Gasteiger partial charge on any atom is 0.182 e. The molecule has 0 amide bonds. The lowest BCUT2D eigenvalue weighted by Gasteiger charge is -2.21. The standard InChI is InChI=1S/C9H13ClN2O2S/c1-13-5-6-15-11-7-3-2-4-14-8(7)9(10)12-15/h2-6H2,1H3. The average molecular weight is 249 g/mol. The lowest BCUT2D eigenvalue weighted by Crippen LogP contribution is -2.20. The first-order chi connectivity index (χ1) is 7.31. The summed E-state index contributed by atoms with van der Waals surface area (Å²) in [4.78, 5) is 0. The van der Waals surface area contributed by atoms with E-state index >= 15 is 0 Å². The molecule has 6 heteroatoms. The van der Waals surface area contributed by atoms with Crippen LogP contribution in [-0.4, -0.2) is 31.8 Å². The van der Waals surface area contributed by atoms with Crippen LogP contribution in [0.15, 0.2) is 19.7 Å². The summed E-state index contributed by atoms with van der Waals surface area (Å²) < 4.78 is 19.3. The molecule has 0 saturated carbocycles. The van der Waals surface area contributed by atoms with Crippen molar-refractivity contribution >= 4 is 28.2 Å². The Balaban J connectivity index is 2.17. The van der Waals surface area contributed by atoms with E-state index in [9.17, 15) is 0 Å². The SMILES string of the molecule is COCCS1=NC(Cl)=C2OCCCC2=N1. The summed E-state index contributed by atoms with van der Waals surface area (Å²) in [7, 11) is 1.30. The Kier molecular flexibility index (Phi) is 3.77. The van der Waals surface area contributed by atoms with Crippen molar-refractivity contribution in [1.29, 1.82) is 0 Å². The molecule has 0 bridgehead atoms. The molecule has 1 atom stereocenters. The van der Waals surface area contributed by atoms with Gasteiger partial charge in [0.15, 0.2) is 10.9 Å². The van der Waals surface area contributed by atoms with Crippen LogP contribution in [0, 0.1) is 0 Å². The van der Waals surface area contributed by atoms with Crippen LogP contribution in [0.1, 0.15) is 12.8 Å². The van der Waals surface area contributed by atoms with Gasteiger partial charge in [-0.15, -0.1) is 0 Å². The third kappa shape index (κ3) is 2.59. The summed E-state index contributed by atoms with van der Waals surface area (Å²) in [5.41, 5.74) is 0.973. The first-order valence-electron chi connectivity index (χ1n) is 4.83. The van der Waals surface area contributed by atoms with Gasteiger partial charge in [0, 0.05) is 23.7 Å². The van der Waals surface area contributed by atoms with Gasteiger partial charge < -0.3 is 9.47 Å². The van der Waals surface area contributed by atoms with Crippen molar-refractivity contribution < 1.29 is 9.47 Å². The van der Waals surface area contributed by atoms with Gasteiger partial charge in [-0.1, -0.05) is 11.6 Å². The van der Waals surface area contributed by atoms with Crippen molar-refractivity contribution in [2.45, 2.75) is 12.8 Å². The van der Waals surface area contributed by atoms with Crippen molar-refractivity contribution in [3.05, 3.63) is 10.9 Å². The third-order valence-electron chi connectivity index (χ3n) is 2.12. The molecule has 0 spiro atoms. The molecule has 2 aliphatic rings. The number of fused-ring (bicyclic) bond motifs is 1. The molecule has 4 nitrogen and oxygen atoms in total. The summed E-state index contributed by atoms with van der Waals surface area (Å²) >= 11 is 6.04. The maximum absolute atomic E-state index is 6.04. The summed E-state index contributed by atoms with van der Waals surface area (Å²) in [6, 6.07) is 0. The van der Waals surface area contributed by atoms with Crippen LogP contribution in [0.2, 0.25) is 0 Å². The molecule has 2 aliphatic heterocycles. The molecule has 0 aromatic heterocycles. The zero-order valence-electron chi connectivity index (χ0n) is 8.53. The minimum Gasteiger partial charge on any atom is -0.488 e. The summed E-state index contributed by atoms with van der Waals surface area (Å²) in [5, 5.41) is 0.471. The minimum absolute atomic E-state index is 0.375. The van der Waals surface area contributed by atoms with E-state index in [0.717, 1.165) is 24.3 Å².